The Morgan fingerprint density at radius 3 is 2.59 bits per heavy atom. The largest absolute Gasteiger partial charge is 0.480 e. The van der Waals surface area contributed by atoms with Crippen molar-refractivity contribution in [3.8, 4) is 0 Å². The minimum Gasteiger partial charge on any atom is -0.480 e. The van der Waals surface area contributed by atoms with Gasteiger partial charge in [0.1, 0.15) is 6.04 Å². The van der Waals surface area contributed by atoms with Crippen molar-refractivity contribution >= 4 is 5.97 Å². The summed E-state index contributed by atoms with van der Waals surface area (Å²) >= 11 is 0. The van der Waals surface area contributed by atoms with Crippen molar-refractivity contribution in [1.82, 2.24) is 5.32 Å². The van der Waals surface area contributed by atoms with Crippen LogP contribution in [-0.2, 0) is 11.3 Å². The molecule has 0 aliphatic carbocycles. The van der Waals surface area contributed by atoms with Crippen LogP contribution in [-0.4, -0.2) is 17.1 Å². The van der Waals surface area contributed by atoms with Crippen molar-refractivity contribution < 1.29 is 9.90 Å². The lowest BCUT2D eigenvalue weighted by molar-refractivity contribution is -0.140. The van der Waals surface area contributed by atoms with E-state index in [4.69, 9.17) is 5.11 Å². The van der Waals surface area contributed by atoms with Crippen LogP contribution in [0.5, 0.6) is 0 Å². The molecule has 1 rings (SSSR count). The lowest BCUT2D eigenvalue weighted by Gasteiger charge is -2.20. The van der Waals surface area contributed by atoms with E-state index in [1.807, 2.05) is 45.0 Å². The van der Waals surface area contributed by atoms with Crippen molar-refractivity contribution in [3.63, 3.8) is 0 Å². The van der Waals surface area contributed by atoms with Crippen LogP contribution in [0.3, 0.4) is 0 Å². The van der Waals surface area contributed by atoms with E-state index < -0.39 is 12.0 Å². The molecule has 2 atom stereocenters. The molecule has 94 valence electrons. The minimum atomic E-state index is -0.770. The summed E-state index contributed by atoms with van der Waals surface area (Å²) in [5, 5.41) is 12.3. The molecule has 0 aliphatic rings. The molecule has 1 aromatic carbocycles. The lowest BCUT2D eigenvalue weighted by atomic mass is 9.98. The highest BCUT2D eigenvalue weighted by molar-refractivity contribution is 5.73. The van der Waals surface area contributed by atoms with Crippen LogP contribution in [0.15, 0.2) is 24.3 Å². The highest BCUT2D eigenvalue weighted by Crippen LogP contribution is 2.11. The highest BCUT2D eigenvalue weighted by Gasteiger charge is 2.22. The average Bonchev–Trinajstić information content (AvgIpc) is 2.30. The molecule has 0 heterocycles. The maximum Gasteiger partial charge on any atom is 0.320 e. The molecule has 0 aliphatic heterocycles. The molecule has 0 radical (unpaired) electrons. The summed E-state index contributed by atoms with van der Waals surface area (Å²) in [6, 6.07) is 7.55. The first-order valence-electron chi connectivity index (χ1n) is 6.07. The number of carboxylic acid groups (broad SMARTS) is 1. The number of benzene rings is 1. The van der Waals surface area contributed by atoms with E-state index in [1.54, 1.807) is 0 Å². The van der Waals surface area contributed by atoms with Gasteiger partial charge in [-0.1, -0.05) is 44.5 Å². The van der Waals surface area contributed by atoms with Crippen LogP contribution in [0.2, 0.25) is 0 Å². The first kappa shape index (κ1) is 13.7. The van der Waals surface area contributed by atoms with Crippen LogP contribution >= 0.6 is 0 Å². The number of carbonyl (C=O) groups is 1. The highest BCUT2D eigenvalue weighted by atomic mass is 16.4. The van der Waals surface area contributed by atoms with E-state index in [0.717, 1.165) is 12.0 Å². The Morgan fingerprint density at radius 1 is 1.41 bits per heavy atom. The van der Waals surface area contributed by atoms with Gasteiger partial charge < -0.3 is 10.4 Å². The van der Waals surface area contributed by atoms with Gasteiger partial charge >= 0.3 is 5.97 Å². The zero-order valence-corrected chi connectivity index (χ0v) is 10.7. The van der Waals surface area contributed by atoms with Gasteiger partial charge in [-0.2, -0.15) is 0 Å². The Hall–Kier alpha value is -1.35. The number of hydrogen-bond acceptors (Lipinski definition) is 2. The molecule has 2 unspecified atom stereocenters. The first-order valence-corrected chi connectivity index (χ1v) is 6.07. The van der Waals surface area contributed by atoms with E-state index in [-0.39, 0.29) is 5.92 Å². The maximum atomic E-state index is 11.1. The van der Waals surface area contributed by atoms with Crippen molar-refractivity contribution in [3.05, 3.63) is 35.4 Å². The van der Waals surface area contributed by atoms with E-state index >= 15 is 0 Å². The number of aryl methyl sites for hydroxylation is 1. The summed E-state index contributed by atoms with van der Waals surface area (Å²) in [5.41, 5.74) is 2.34. The molecule has 0 bridgehead atoms. The van der Waals surface area contributed by atoms with E-state index in [9.17, 15) is 4.79 Å². The van der Waals surface area contributed by atoms with Crippen molar-refractivity contribution in [2.75, 3.05) is 0 Å². The van der Waals surface area contributed by atoms with Gasteiger partial charge in [0.05, 0.1) is 0 Å². The molecule has 0 saturated carbocycles. The fraction of sp³-hybridized carbons (Fsp3) is 0.500. The summed E-state index contributed by atoms with van der Waals surface area (Å²) in [6.45, 7) is 6.61. The van der Waals surface area contributed by atoms with Crippen molar-refractivity contribution in [1.29, 1.82) is 0 Å². The Morgan fingerprint density at radius 2 is 2.06 bits per heavy atom. The monoisotopic (exact) mass is 235 g/mol. The Balaban J connectivity index is 2.64. The Bertz CT molecular complexity index is 376. The van der Waals surface area contributed by atoms with Crippen LogP contribution in [0.4, 0.5) is 0 Å². The molecule has 0 amide bonds. The number of rotatable bonds is 6. The van der Waals surface area contributed by atoms with Gasteiger partial charge in [0, 0.05) is 6.54 Å². The molecular formula is C14H21NO2. The lowest BCUT2D eigenvalue weighted by Crippen LogP contribution is -2.41. The molecule has 3 heteroatoms. The topological polar surface area (TPSA) is 49.3 Å². The van der Waals surface area contributed by atoms with E-state index in [0.29, 0.717) is 6.54 Å². The third-order valence-electron chi connectivity index (χ3n) is 3.25. The van der Waals surface area contributed by atoms with Gasteiger partial charge in [-0.05, 0) is 24.0 Å². The molecule has 0 fully saturated rings. The summed E-state index contributed by atoms with van der Waals surface area (Å²) in [6.07, 6.45) is 0.859. The predicted octanol–water partition coefficient (Wildman–Crippen LogP) is 2.58. The smallest absolute Gasteiger partial charge is 0.320 e. The fourth-order valence-corrected chi connectivity index (χ4v) is 1.80. The summed E-state index contributed by atoms with van der Waals surface area (Å²) in [4.78, 5) is 11.1. The van der Waals surface area contributed by atoms with Gasteiger partial charge in [-0.15, -0.1) is 0 Å². The van der Waals surface area contributed by atoms with E-state index in [2.05, 4.69) is 5.32 Å². The standard InChI is InChI=1S/C14H21NO2/c1-4-10(2)13(14(16)17)15-9-12-8-6-5-7-11(12)3/h5-8,10,13,15H,4,9H2,1-3H3,(H,16,17). The second kappa shape index (κ2) is 6.40. The molecule has 0 spiro atoms. The zero-order valence-electron chi connectivity index (χ0n) is 10.7. The second-order valence-electron chi connectivity index (χ2n) is 4.51. The number of hydrogen-bond donors (Lipinski definition) is 2. The predicted molar refractivity (Wildman–Crippen MR) is 68.9 cm³/mol. The van der Waals surface area contributed by atoms with Gasteiger partial charge in [0.25, 0.3) is 0 Å². The summed E-state index contributed by atoms with van der Waals surface area (Å²) < 4.78 is 0. The van der Waals surface area contributed by atoms with Crippen molar-refractivity contribution in [2.45, 2.75) is 39.8 Å². The van der Waals surface area contributed by atoms with Crippen LogP contribution in [0.25, 0.3) is 0 Å². The van der Waals surface area contributed by atoms with Crippen LogP contribution in [0, 0.1) is 12.8 Å². The first-order chi connectivity index (χ1) is 8.06. The molecule has 2 N–H and O–H groups in total. The number of aliphatic carboxylic acids is 1. The van der Waals surface area contributed by atoms with Gasteiger partial charge in [-0.3, -0.25) is 4.79 Å². The third kappa shape index (κ3) is 3.86. The zero-order chi connectivity index (χ0) is 12.8. The average molecular weight is 235 g/mol. The number of nitrogens with one attached hydrogen (secondary N) is 1. The Kier molecular flexibility index (Phi) is 5.16. The van der Waals surface area contributed by atoms with Crippen LogP contribution < -0.4 is 5.32 Å². The maximum absolute atomic E-state index is 11.1. The normalized spacial score (nSPS) is 14.3. The molecule has 17 heavy (non-hydrogen) atoms. The third-order valence-corrected chi connectivity index (χ3v) is 3.25. The SMILES string of the molecule is CCC(C)C(NCc1ccccc1C)C(=O)O. The molecule has 0 saturated heterocycles. The molecular weight excluding hydrogens is 214 g/mol. The van der Waals surface area contributed by atoms with Crippen LogP contribution in [0.1, 0.15) is 31.4 Å². The second-order valence-corrected chi connectivity index (χ2v) is 4.51. The molecule has 0 aromatic heterocycles. The fourth-order valence-electron chi connectivity index (χ4n) is 1.80. The Labute approximate surface area is 103 Å². The quantitative estimate of drug-likeness (QED) is 0.796. The molecule has 1 aromatic rings. The van der Waals surface area contributed by atoms with E-state index in [1.165, 1.54) is 5.56 Å². The molecule has 3 nitrogen and oxygen atoms in total. The van der Waals surface area contributed by atoms with Gasteiger partial charge in [0.15, 0.2) is 0 Å². The summed E-state index contributed by atoms with van der Waals surface area (Å²) in [7, 11) is 0. The minimum absolute atomic E-state index is 0.136. The summed E-state index contributed by atoms with van der Waals surface area (Å²) in [5.74, 6) is -0.635. The van der Waals surface area contributed by atoms with Gasteiger partial charge in [0.2, 0.25) is 0 Å². The number of carboxylic acids is 1. The van der Waals surface area contributed by atoms with Gasteiger partial charge in [-0.25, -0.2) is 0 Å². The van der Waals surface area contributed by atoms with Crippen molar-refractivity contribution in [2.24, 2.45) is 5.92 Å².